The first kappa shape index (κ1) is 10.3. The van der Waals surface area contributed by atoms with Crippen molar-refractivity contribution in [1.29, 1.82) is 0 Å². The number of benzene rings is 1. The Morgan fingerprint density at radius 1 is 1.35 bits per heavy atom. The van der Waals surface area contributed by atoms with E-state index in [2.05, 4.69) is 29.4 Å². The number of nitrogens with two attached hydrogens (primary N) is 1. The molecule has 0 saturated heterocycles. The average molecular weight is 228 g/mol. The minimum Gasteiger partial charge on any atom is -0.382 e. The molecule has 0 radical (unpaired) electrons. The second-order valence-electron chi connectivity index (χ2n) is 4.72. The van der Waals surface area contributed by atoms with Gasteiger partial charge < -0.3 is 5.73 Å². The molecule has 4 heteroatoms. The van der Waals surface area contributed by atoms with Crippen molar-refractivity contribution >= 4 is 5.82 Å². The summed E-state index contributed by atoms with van der Waals surface area (Å²) in [5.74, 6) is 0.695. The minimum absolute atomic E-state index is 0.459. The van der Waals surface area contributed by atoms with Crippen LogP contribution in [0.1, 0.15) is 30.9 Å². The highest BCUT2D eigenvalue weighted by atomic mass is 15.5. The zero-order valence-electron chi connectivity index (χ0n) is 9.93. The third-order valence-electron chi connectivity index (χ3n) is 3.44. The third-order valence-corrected chi connectivity index (χ3v) is 3.44. The van der Waals surface area contributed by atoms with Crippen molar-refractivity contribution in [1.82, 2.24) is 15.0 Å². The molecule has 17 heavy (non-hydrogen) atoms. The molecule has 0 spiro atoms. The summed E-state index contributed by atoms with van der Waals surface area (Å²) in [5, 5.41) is 8.40. The smallest absolute Gasteiger partial charge is 0.150 e. The zero-order valence-corrected chi connectivity index (χ0v) is 9.93. The molecule has 2 aromatic rings. The van der Waals surface area contributed by atoms with Crippen LogP contribution in [0, 0.1) is 6.92 Å². The van der Waals surface area contributed by atoms with Gasteiger partial charge in [-0.2, -0.15) is 0 Å². The van der Waals surface area contributed by atoms with Crippen LogP contribution < -0.4 is 5.73 Å². The summed E-state index contributed by atoms with van der Waals surface area (Å²) in [4.78, 5) is 0. The summed E-state index contributed by atoms with van der Waals surface area (Å²) >= 11 is 0. The van der Waals surface area contributed by atoms with Gasteiger partial charge in [-0.1, -0.05) is 29.0 Å². The number of hydrogen-bond acceptors (Lipinski definition) is 3. The van der Waals surface area contributed by atoms with Gasteiger partial charge in [0.1, 0.15) is 5.69 Å². The fourth-order valence-corrected chi connectivity index (χ4v) is 2.20. The average Bonchev–Trinajstić information content (AvgIpc) is 2.59. The van der Waals surface area contributed by atoms with Crippen molar-refractivity contribution in [2.75, 3.05) is 5.73 Å². The second kappa shape index (κ2) is 3.87. The summed E-state index contributed by atoms with van der Waals surface area (Å²) in [5.41, 5.74) is 9.20. The number of rotatable bonds is 2. The predicted molar refractivity (Wildman–Crippen MR) is 67.5 cm³/mol. The van der Waals surface area contributed by atoms with E-state index >= 15 is 0 Å². The molecule has 0 atom stereocenters. The van der Waals surface area contributed by atoms with Gasteiger partial charge in [0.15, 0.2) is 5.82 Å². The SMILES string of the molecule is Cc1cccc(-c2nnn(C3CCC3)c2N)c1. The van der Waals surface area contributed by atoms with Crippen molar-refractivity contribution in [2.24, 2.45) is 0 Å². The van der Waals surface area contributed by atoms with Crippen LogP contribution in [-0.4, -0.2) is 15.0 Å². The number of nitrogen functional groups attached to an aromatic ring is 1. The molecule has 1 heterocycles. The summed E-state index contributed by atoms with van der Waals surface area (Å²) in [6, 6.07) is 8.66. The van der Waals surface area contributed by atoms with Gasteiger partial charge in [0.05, 0.1) is 6.04 Å². The molecular weight excluding hydrogens is 212 g/mol. The molecule has 4 nitrogen and oxygen atoms in total. The van der Waals surface area contributed by atoms with Crippen LogP contribution in [0.5, 0.6) is 0 Å². The Kier molecular flexibility index (Phi) is 2.35. The summed E-state index contributed by atoms with van der Waals surface area (Å²) in [6.07, 6.45) is 3.60. The maximum atomic E-state index is 6.13. The van der Waals surface area contributed by atoms with Crippen LogP contribution in [0.25, 0.3) is 11.3 Å². The molecule has 1 aromatic heterocycles. The molecule has 1 aromatic carbocycles. The molecule has 1 saturated carbocycles. The van der Waals surface area contributed by atoms with E-state index in [1.54, 1.807) is 0 Å². The second-order valence-corrected chi connectivity index (χ2v) is 4.72. The highest BCUT2D eigenvalue weighted by Crippen LogP contribution is 2.35. The van der Waals surface area contributed by atoms with E-state index in [0.717, 1.165) is 11.3 Å². The Labute approximate surface area is 100 Å². The lowest BCUT2D eigenvalue weighted by Gasteiger charge is -2.25. The van der Waals surface area contributed by atoms with E-state index in [1.165, 1.54) is 24.8 Å². The van der Waals surface area contributed by atoms with Crippen molar-refractivity contribution in [2.45, 2.75) is 32.2 Å². The maximum Gasteiger partial charge on any atom is 0.150 e. The van der Waals surface area contributed by atoms with E-state index in [1.807, 2.05) is 16.8 Å². The quantitative estimate of drug-likeness (QED) is 0.859. The molecule has 0 unspecified atom stereocenters. The van der Waals surface area contributed by atoms with E-state index < -0.39 is 0 Å². The van der Waals surface area contributed by atoms with Crippen LogP contribution in [0.4, 0.5) is 5.82 Å². The maximum absolute atomic E-state index is 6.13. The number of aromatic nitrogens is 3. The fourth-order valence-electron chi connectivity index (χ4n) is 2.20. The number of hydrogen-bond donors (Lipinski definition) is 1. The van der Waals surface area contributed by atoms with Crippen LogP contribution in [0.2, 0.25) is 0 Å². The first-order chi connectivity index (χ1) is 8.25. The Hall–Kier alpha value is -1.84. The topological polar surface area (TPSA) is 56.7 Å². The van der Waals surface area contributed by atoms with Gasteiger partial charge in [-0.15, -0.1) is 5.10 Å². The fraction of sp³-hybridized carbons (Fsp3) is 0.385. The van der Waals surface area contributed by atoms with Gasteiger partial charge in [0.25, 0.3) is 0 Å². The molecule has 0 aliphatic heterocycles. The van der Waals surface area contributed by atoms with Crippen molar-refractivity contribution < 1.29 is 0 Å². The molecular formula is C13H16N4. The van der Waals surface area contributed by atoms with Crippen LogP contribution >= 0.6 is 0 Å². The van der Waals surface area contributed by atoms with Crippen LogP contribution in [-0.2, 0) is 0 Å². The number of anilines is 1. The summed E-state index contributed by atoms with van der Waals surface area (Å²) in [7, 11) is 0. The van der Waals surface area contributed by atoms with Crippen molar-refractivity contribution in [3.8, 4) is 11.3 Å². The molecule has 2 N–H and O–H groups in total. The van der Waals surface area contributed by atoms with Crippen molar-refractivity contribution in [3.63, 3.8) is 0 Å². The van der Waals surface area contributed by atoms with E-state index in [9.17, 15) is 0 Å². The molecule has 1 fully saturated rings. The molecule has 1 aliphatic rings. The highest BCUT2D eigenvalue weighted by molar-refractivity contribution is 5.70. The Balaban J connectivity index is 2.00. The molecule has 1 aliphatic carbocycles. The molecule has 3 rings (SSSR count). The lowest BCUT2D eigenvalue weighted by atomic mass is 9.93. The van der Waals surface area contributed by atoms with E-state index in [4.69, 9.17) is 5.73 Å². The van der Waals surface area contributed by atoms with Gasteiger partial charge in [-0.3, -0.25) is 0 Å². The molecule has 0 amide bonds. The van der Waals surface area contributed by atoms with Crippen LogP contribution in [0.15, 0.2) is 24.3 Å². The Morgan fingerprint density at radius 2 is 2.18 bits per heavy atom. The van der Waals surface area contributed by atoms with Crippen LogP contribution in [0.3, 0.4) is 0 Å². The predicted octanol–water partition coefficient (Wildman–Crippen LogP) is 2.56. The lowest BCUT2D eigenvalue weighted by molar-refractivity contribution is 0.288. The Bertz CT molecular complexity index is 540. The van der Waals surface area contributed by atoms with Gasteiger partial charge >= 0.3 is 0 Å². The first-order valence-corrected chi connectivity index (χ1v) is 6.03. The lowest BCUT2D eigenvalue weighted by Crippen LogP contribution is -2.19. The highest BCUT2D eigenvalue weighted by Gasteiger charge is 2.24. The summed E-state index contributed by atoms with van der Waals surface area (Å²) in [6.45, 7) is 2.07. The standard InChI is InChI=1S/C13H16N4/c1-9-4-2-5-10(8-9)12-13(14)17(16-15-12)11-6-3-7-11/h2,4-5,8,11H,3,6-7,14H2,1H3. The van der Waals surface area contributed by atoms with Gasteiger partial charge in [-0.25, -0.2) is 4.68 Å². The van der Waals surface area contributed by atoms with Gasteiger partial charge in [-0.05, 0) is 32.3 Å². The van der Waals surface area contributed by atoms with E-state index in [0.29, 0.717) is 11.9 Å². The summed E-state index contributed by atoms with van der Waals surface area (Å²) < 4.78 is 1.88. The minimum atomic E-state index is 0.459. The largest absolute Gasteiger partial charge is 0.382 e. The van der Waals surface area contributed by atoms with Gasteiger partial charge in [0, 0.05) is 5.56 Å². The number of aryl methyl sites for hydroxylation is 1. The first-order valence-electron chi connectivity index (χ1n) is 6.03. The molecule has 0 bridgehead atoms. The normalized spacial score (nSPS) is 15.8. The van der Waals surface area contributed by atoms with E-state index in [-0.39, 0.29) is 0 Å². The van der Waals surface area contributed by atoms with Crippen molar-refractivity contribution in [3.05, 3.63) is 29.8 Å². The monoisotopic (exact) mass is 228 g/mol. The zero-order chi connectivity index (χ0) is 11.8. The Morgan fingerprint density at radius 3 is 2.82 bits per heavy atom. The number of nitrogens with zero attached hydrogens (tertiary/aromatic N) is 3. The molecule has 88 valence electrons. The van der Waals surface area contributed by atoms with Gasteiger partial charge in [0.2, 0.25) is 0 Å². The third kappa shape index (κ3) is 1.69.